The zero-order valence-electron chi connectivity index (χ0n) is 9.46. The highest BCUT2D eigenvalue weighted by Gasteiger charge is 2.29. The molecule has 0 aliphatic carbocycles. The fourth-order valence-electron chi connectivity index (χ4n) is 1.90. The van der Waals surface area contributed by atoms with Gasteiger partial charge in [-0.05, 0) is 18.2 Å². The van der Waals surface area contributed by atoms with Gasteiger partial charge in [0.15, 0.2) is 11.5 Å². The van der Waals surface area contributed by atoms with E-state index < -0.39 is 12.1 Å². The number of nitrogens with zero attached hydrogens (tertiary/aromatic N) is 1. The van der Waals surface area contributed by atoms with Gasteiger partial charge in [-0.15, -0.1) is 0 Å². The zero-order valence-corrected chi connectivity index (χ0v) is 9.46. The molecule has 0 spiro atoms. The predicted octanol–water partition coefficient (Wildman–Crippen LogP) is 1.04. The Bertz CT molecular complexity index is 525. The number of fused-ring (bicyclic) bond motifs is 1. The van der Waals surface area contributed by atoms with Gasteiger partial charge in [-0.1, -0.05) is 5.16 Å². The molecule has 94 valence electrons. The van der Waals surface area contributed by atoms with Crippen molar-refractivity contribution in [1.82, 2.24) is 0 Å². The minimum Gasteiger partial charge on any atom is -0.486 e. The van der Waals surface area contributed by atoms with Gasteiger partial charge < -0.3 is 19.4 Å². The second-order valence-corrected chi connectivity index (χ2v) is 4.03. The average Bonchev–Trinajstić information content (AvgIpc) is 2.88. The Balaban J connectivity index is 1.83. The van der Waals surface area contributed by atoms with Crippen LogP contribution in [0.1, 0.15) is 12.0 Å². The largest absolute Gasteiger partial charge is 0.486 e. The maximum Gasteiger partial charge on any atom is 0.348 e. The molecular weight excluding hydrogens is 238 g/mol. The summed E-state index contributed by atoms with van der Waals surface area (Å²) in [5, 5.41) is 12.6. The first kappa shape index (κ1) is 10.9. The first-order chi connectivity index (χ1) is 8.74. The lowest BCUT2D eigenvalue weighted by Gasteiger charge is -2.18. The van der Waals surface area contributed by atoms with Gasteiger partial charge in [0.25, 0.3) is 0 Å². The molecule has 1 unspecified atom stereocenters. The molecule has 0 saturated carbocycles. The standard InChI is InChI=1S/C12H11NO5/c14-12(15)11-6-8(13-18-11)7-1-2-9-10(5-7)17-4-3-16-9/h1-2,5,11H,3-4,6H2,(H,14,15). The van der Waals surface area contributed by atoms with Gasteiger partial charge in [0, 0.05) is 12.0 Å². The van der Waals surface area contributed by atoms with Gasteiger partial charge in [-0.25, -0.2) is 4.79 Å². The highest BCUT2D eigenvalue weighted by Crippen LogP contribution is 2.32. The van der Waals surface area contributed by atoms with E-state index in [4.69, 9.17) is 19.4 Å². The van der Waals surface area contributed by atoms with Gasteiger partial charge in [0.2, 0.25) is 6.10 Å². The van der Waals surface area contributed by atoms with Crippen LogP contribution in [0.4, 0.5) is 0 Å². The summed E-state index contributed by atoms with van der Waals surface area (Å²) < 4.78 is 10.9. The second kappa shape index (κ2) is 4.21. The van der Waals surface area contributed by atoms with Crippen LogP contribution in [0, 0.1) is 0 Å². The van der Waals surface area contributed by atoms with E-state index in [9.17, 15) is 4.79 Å². The Morgan fingerprint density at radius 1 is 1.28 bits per heavy atom. The molecule has 0 bridgehead atoms. The SMILES string of the molecule is O=C(O)C1CC(c2ccc3c(c2)OCCO3)=NO1. The van der Waals surface area contributed by atoms with Crippen LogP contribution in [0.3, 0.4) is 0 Å². The third-order valence-corrected chi connectivity index (χ3v) is 2.82. The molecule has 1 aromatic rings. The molecule has 6 nitrogen and oxygen atoms in total. The smallest absolute Gasteiger partial charge is 0.348 e. The minimum absolute atomic E-state index is 0.259. The Hall–Kier alpha value is -2.24. The number of carboxylic acids is 1. The molecule has 0 radical (unpaired) electrons. The number of rotatable bonds is 2. The number of aliphatic carboxylic acids is 1. The molecule has 2 aliphatic rings. The molecule has 6 heteroatoms. The number of hydrogen-bond donors (Lipinski definition) is 1. The first-order valence-electron chi connectivity index (χ1n) is 5.59. The van der Waals surface area contributed by atoms with Crippen molar-refractivity contribution in [1.29, 1.82) is 0 Å². The van der Waals surface area contributed by atoms with Gasteiger partial charge in [0.1, 0.15) is 13.2 Å². The lowest BCUT2D eigenvalue weighted by Crippen LogP contribution is -2.20. The maximum atomic E-state index is 10.8. The summed E-state index contributed by atoms with van der Waals surface area (Å²) in [7, 11) is 0. The maximum absolute atomic E-state index is 10.8. The summed E-state index contributed by atoms with van der Waals surface area (Å²) in [5.41, 5.74) is 1.40. The number of carboxylic acid groups (broad SMARTS) is 1. The Morgan fingerprint density at radius 2 is 2.06 bits per heavy atom. The molecule has 1 atom stereocenters. The third kappa shape index (κ3) is 1.85. The van der Waals surface area contributed by atoms with E-state index in [1.807, 2.05) is 6.07 Å². The van der Waals surface area contributed by atoms with Crippen LogP contribution in [-0.2, 0) is 9.63 Å². The number of carbonyl (C=O) groups is 1. The number of oxime groups is 1. The molecule has 3 rings (SSSR count). The van der Waals surface area contributed by atoms with E-state index in [2.05, 4.69) is 5.16 Å². The second-order valence-electron chi connectivity index (χ2n) is 4.03. The molecule has 2 aliphatic heterocycles. The van der Waals surface area contributed by atoms with Crippen molar-refractivity contribution in [3.63, 3.8) is 0 Å². The van der Waals surface area contributed by atoms with Crippen LogP contribution in [0.15, 0.2) is 23.4 Å². The molecule has 1 N–H and O–H groups in total. The molecule has 2 heterocycles. The van der Waals surface area contributed by atoms with Crippen LogP contribution >= 0.6 is 0 Å². The van der Waals surface area contributed by atoms with E-state index in [-0.39, 0.29) is 6.42 Å². The van der Waals surface area contributed by atoms with Crippen LogP contribution in [-0.4, -0.2) is 36.1 Å². The van der Waals surface area contributed by atoms with Crippen LogP contribution in [0.25, 0.3) is 0 Å². The summed E-state index contributed by atoms with van der Waals surface area (Å²) in [5.74, 6) is 0.339. The highest BCUT2D eigenvalue weighted by molar-refractivity contribution is 6.03. The summed E-state index contributed by atoms with van der Waals surface area (Å²) in [6, 6.07) is 5.40. The van der Waals surface area contributed by atoms with E-state index in [1.165, 1.54) is 0 Å². The van der Waals surface area contributed by atoms with Crippen molar-refractivity contribution in [3.05, 3.63) is 23.8 Å². The Labute approximate surface area is 103 Å². The van der Waals surface area contributed by atoms with Gasteiger partial charge in [0.05, 0.1) is 5.71 Å². The highest BCUT2D eigenvalue weighted by atomic mass is 16.7. The predicted molar refractivity (Wildman–Crippen MR) is 61.1 cm³/mol. The van der Waals surface area contributed by atoms with Gasteiger partial charge >= 0.3 is 5.97 Å². The monoisotopic (exact) mass is 249 g/mol. The van der Waals surface area contributed by atoms with Crippen LogP contribution in [0.2, 0.25) is 0 Å². The van der Waals surface area contributed by atoms with Crippen molar-refractivity contribution >= 4 is 11.7 Å². The lowest BCUT2D eigenvalue weighted by molar-refractivity contribution is -0.148. The van der Waals surface area contributed by atoms with E-state index in [1.54, 1.807) is 12.1 Å². The van der Waals surface area contributed by atoms with Gasteiger partial charge in [-0.2, -0.15) is 0 Å². The van der Waals surface area contributed by atoms with Crippen molar-refractivity contribution < 1.29 is 24.2 Å². The Kier molecular flexibility index (Phi) is 2.55. The fourth-order valence-corrected chi connectivity index (χ4v) is 1.90. The van der Waals surface area contributed by atoms with Crippen molar-refractivity contribution in [3.8, 4) is 11.5 Å². The quantitative estimate of drug-likeness (QED) is 0.847. The third-order valence-electron chi connectivity index (χ3n) is 2.82. The topological polar surface area (TPSA) is 77.4 Å². The summed E-state index contributed by atoms with van der Waals surface area (Å²) in [6.45, 7) is 1.05. The lowest BCUT2D eigenvalue weighted by atomic mass is 10.0. The molecule has 0 fully saturated rings. The zero-order chi connectivity index (χ0) is 12.5. The van der Waals surface area contributed by atoms with E-state index >= 15 is 0 Å². The average molecular weight is 249 g/mol. The number of hydrogen-bond acceptors (Lipinski definition) is 5. The molecule has 18 heavy (non-hydrogen) atoms. The van der Waals surface area contributed by atoms with Crippen molar-refractivity contribution in [2.45, 2.75) is 12.5 Å². The molecule has 0 aromatic heterocycles. The number of ether oxygens (including phenoxy) is 2. The summed E-state index contributed by atoms with van der Waals surface area (Å²) in [4.78, 5) is 15.6. The molecular formula is C12H11NO5. The normalized spacial score (nSPS) is 21.1. The first-order valence-corrected chi connectivity index (χ1v) is 5.59. The van der Waals surface area contributed by atoms with Crippen LogP contribution in [0.5, 0.6) is 11.5 Å². The fraction of sp³-hybridized carbons (Fsp3) is 0.333. The summed E-state index contributed by atoms with van der Waals surface area (Å²) >= 11 is 0. The Morgan fingerprint density at radius 3 is 2.78 bits per heavy atom. The van der Waals surface area contributed by atoms with Crippen molar-refractivity contribution in [2.24, 2.45) is 5.16 Å². The summed E-state index contributed by atoms with van der Waals surface area (Å²) in [6.07, 6.45) is -0.636. The molecule has 0 saturated heterocycles. The molecule has 0 amide bonds. The van der Waals surface area contributed by atoms with Gasteiger partial charge in [-0.3, -0.25) is 0 Å². The minimum atomic E-state index is -1.01. The van der Waals surface area contributed by atoms with Crippen molar-refractivity contribution in [2.75, 3.05) is 13.2 Å². The van der Waals surface area contributed by atoms with Crippen LogP contribution < -0.4 is 9.47 Å². The van der Waals surface area contributed by atoms with E-state index in [0.29, 0.717) is 30.4 Å². The molecule has 1 aromatic carbocycles. The number of benzene rings is 1. The van der Waals surface area contributed by atoms with E-state index in [0.717, 1.165) is 5.56 Å².